The Morgan fingerprint density at radius 1 is 1.26 bits per heavy atom. The summed E-state index contributed by atoms with van der Waals surface area (Å²) in [5, 5.41) is 17.3. The largest absolute Gasteiger partial charge is 0.376 e. The molecule has 4 rings (SSSR count). The fourth-order valence-electron chi connectivity index (χ4n) is 3.96. The minimum atomic E-state index is -0.250. The number of fused-ring (bicyclic) bond motifs is 3. The Hall–Kier alpha value is -2.14. The second-order valence-corrected chi connectivity index (χ2v) is 7.34. The van der Waals surface area contributed by atoms with Crippen LogP contribution in [-0.4, -0.2) is 4.92 Å². The number of thiophene rings is 1. The normalized spacial score (nSPS) is 24.9. The number of nitrogens with one attached hydrogen (secondary N) is 1. The summed E-state index contributed by atoms with van der Waals surface area (Å²) >= 11 is 1.77. The van der Waals surface area contributed by atoms with Gasteiger partial charge in [0.05, 0.1) is 16.5 Å². The summed E-state index contributed by atoms with van der Waals surface area (Å²) < 4.78 is 0. The summed E-state index contributed by atoms with van der Waals surface area (Å²) in [5.74, 6) is 0.471. The Bertz CT molecular complexity index is 824. The van der Waals surface area contributed by atoms with E-state index in [4.69, 9.17) is 0 Å². The number of benzene rings is 1. The lowest BCUT2D eigenvalue weighted by Gasteiger charge is -2.37. The monoisotopic (exact) mass is 326 g/mol. The zero-order chi connectivity index (χ0) is 16.1. The molecule has 1 aliphatic carbocycles. The zero-order valence-electron chi connectivity index (χ0n) is 13.1. The Balaban J connectivity index is 1.90. The van der Waals surface area contributed by atoms with Crippen LogP contribution in [-0.2, 0) is 0 Å². The van der Waals surface area contributed by atoms with Crippen LogP contribution in [0.3, 0.4) is 0 Å². The third-order valence-electron chi connectivity index (χ3n) is 5.09. The van der Waals surface area contributed by atoms with E-state index in [9.17, 15) is 10.1 Å². The van der Waals surface area contributed by atoms with Gasteiger partial charge in [-0.1, -0.05) is 18.2 Å². The maximum absolute atomic E-state index is 11.5. The minimum absolute atomic E-state index is 0.123. The fraction of sp³-hybridized carbons (Fsp3) is 0.333. The number of allylic oxidation sites excluding steroid dienone is 2. The van der Waals surface area contributed by atoms with Gasteiger partial charge in [-0.05, 0) is 48.8 Å². The molecule has 0 radical (unpaired) electrons. The second kappa shape index (κ2) is 5.20. The van der Waals surface area contributed by atoms with Gasteiger partial charge in [-0.15, -0.1) is 11.3 Å². The van der Waals surface area contributed by atoms with E-state index in [0.29, 0.717) is 5.92 Å². The van der Waals surface area contributed by atoms with Crippen molar-refractivity contribution in [2.45, 2.75) is 32.2 Å². The summed E-state index contributed by atoms with van der Waals surface area (Å²) in [6.07, 6.45) is 5.30. The molecule has 118 valence electrons. The van der Waals surface area contributed by atoms with E-state index in [0.717, 1.165) is 23.2 Å². The van der Waals surface area contributed by atoms with Crippen molar-refractivity contribution in [3.05, 3.63) is 67.4 Å². The van der Waals surface area contributed by atoms with E-state index in [2.05, 4.69) is 35.8 Å². The molecule has 2 heterocycles. The zero-order valence-corrected chi connectivity index (χ0v) is 13.9. The maximum atomic E-state index is 11.5. The molecule has 5 heteroatoms. The Kier molecular flexibility index (Phi) is 3.27. The number of hydrogen-bond donors (Lipinski definition) is 1. The Morgan fingerprint density at radius 2 is 2.09 bits per heavy atom. The summed E-state index contributed by atoms with van der Waals surface area (Å²) in [6.45, 7) is 4.16. The number of rotatable bonds is 2. The van der Waals surface area contributed by atoms with E-state index in [1.165, 1.54) is 10.4 Å². The van der Waals surface area contributed by atoms with Crippen LogP contribution < -0.4 is 5.32 Å². The molecule has 1 aliphatic heterocycles. The van der Waals surface area contributed by atoms with Crippen molar-refractivity contribution in [3.63, 3.8) is 0 Å². The number of hydrogen-bond acceptors (Lipinski definition) is 4. The third-order valence-corrected chi connectivity index (χ3v) is 6.19. The van der Waals surface area contributed by atoms with Gasteiger partial charge in [0.25, 0.3) is 5.69 Å². The molecule has 23 heavy (non-hydrogen) atoms. The standard InChI is InChI=1S/C18H18N2O2S/c1-10-6-7-14(20(21)22)15-12-4-3-5-13(12)17(19-16(10)15)18-11(2)8-9-23-18/h3-4,6-9,12-13,17,19H,5H2,1-2H3. The van der Waals surface area contributed by atoms with Crippen molar-refractivity contribution < 1.29 is 4.92 Å². The van der Waals surface area contributed by atoms with Crippen LogP contribution in [0.15, 0.2) is 35.7 Å². The number of anilines is 1. The van der Waals surface area contributed by atoms with Gasteiger partial charge in [0.15, 0.2) is 0 Å². The molecule has 2 aromatic rings. The van der Waals surface area contributed by atoms with Crippen molar-refractivity contribution in [2.24, 2.45) is 5.92 Å². The highest BCUT2D eigenvalue weighted by Gasteiger charge is 2.42. The minimum Gasteiger partial charge on any atom is -0.376 e. The molecular formula is C18H18N2O2S. The number of nitro benzene ring substituents is 1. The summed E-state index contributed by atoms with van der Waals surface area (Å²) in [7, 11) is 0. The van der Waals surface area contributed by atoms with E-state index >= 15 is 0 Å². The van der Waals surface area contributed by atoms with Crippen molar-refractivity contribution >= 4 is 22.7 Å². The van der Waals surface area contributed by atoms with Gasteiger partial charge in [-0.3, -0.25) is 10.1 Å². The van der Waals surface area contributed by atoms with Crippen molar-refractivity contribution in [3.8, 4) is 0 Å². The average molecular weight is 326 g/mol. The molecule has 0 saturated heterocycles. The van der Waals surface area contributed by atoms with Gasteiger partial charge in [-0.25, -0.2) is 0 Å². The quantitative estimate of drug-likeness (QED) is 0.474. The summed E-state index contributed by atoms with van der Waals surface area (Å²) in [4.78, 5) is 12.6. The third kappa shape index (κ3) is 2.10. The van der Waals surface area contributed by atoms with Crippen LogP contribution in [0.25, 0.3) is 0 Å². The van der Waals surface area contributed by atoms with Crippen LogP contribution in [0.1, 0.15) is 39.9 Å². The van der Waals surface area contributed by atoms with Crippen molar-refractivity contribution in [2.75, 3.05) is 5.32 Å². The molecule has 1 aromatic carbocycles. The highest BCUT2D eigenvalue weighted by molar-refractivity contribution is 7.10. The summed E-state index contributed by atoms with van der Waals surface area (Å²) in [5.41, 5.74) is 4.42. The topological polar surface area (TPSA) is 55.2 Å². The number of nitro groups is 1. The smallest absolute Gasteiger partial charge is 0.275 e. The molecule has 2 aliphatic rings. The van der Waals surface area contributed by atoms with Gasteiger partial charge in [0, 0.05) is 22.5 Å². The van der Waals surface area contributed by atoms with Gasteiger partial charge >= 0.3 is 0 Å². The number of aryl methyl sites for hydroxylation is 2. The molecule has 0 fully saturated rings. The van der Waals surface area contributed by atoms with Crippen molar-refractivity contribution in [1.82, 2.24) is 0 Å². The molecule has 3 atom stereocenters. The maximum Gasteiger partial charge on any atom is 0.275 e. The number of nitrogens with zero attached hydrogens (tertiary/aromatic N) is 1. The first-order chi connectivity index (χ1) is 11.1. The Morgan fingerprint density at radius 3 is 2.78 bits per heavy atom. The predicted octanol–water partition coefficient (Wildman–Crippen LogP) is 5.10. The molecule has 1 aromatic heterocycles. The van der Waals surface area contributed by atoms with Crippen molar-refractivity contribution in [1.29, 1.82) is 0 Å². The van der Waals surface area contributed by atoms with E-state index in [1.807, 2.05) is 13.0 Å². The van der Waals surface area contributed by atoms with Gasteiger partial charge in [0.2, 0.25) is 0 Å². The summed E-state index contributed by atoms with van der Waals surface area (Å²) in [6, 6.07) is 5.87. The highest BCUT2D eigenvalue weighted by atomic mass is 32.1. The van der Waals surface area contributed by atoms with Gasteiger partial charge in [-0.2, -0.15) is 0 Å². The first-order valence-corrected chi connectivity index (χ1v) is 8.71. The van der Waals surface area contributed by atoms with Crippen LogP contribution in [0, 0.1) is 29.9 Å². The SMILES string of the molecule is Cc1ccsc1C1Nc2c(C)ccc([N+](=O)[O-])c2C2C=CCC21. The van der Waals surface area contributed by atoms with Crippen LogP contribution >= 0.6 is 11.3 Å². The Labute approximate surface area is 139 Å². The molecule has 0 spiro atoms. The fourth-order valence-corrected chi connectivity index (χ4v) is 5.01. The molecule has 1 N–H and O–H groups in total. The van der Waals surface area contributed by atoms with Crippen LogP contribution in [0.2, 0.25) is 0 Å². The lowest BCUT2D eigenvalue weighted by molar-refractivity contribution is -0.385. The second-order valence-electron chi connectivity index (χ2n) is 6.39. The first-order valence-electron chi connectivity index (χ1n) is 7.83. The highest BCUT2D eigenvalue weighted by Crippen LogP contribution is 2.54. The van der Waals surface area contributed by atoms with E-state index < -0.39 is 0 Å². The van der Waals surface area contributed by atoms with Gasteiger partial charge in [0.1, 0.15) is 0 Å². The molecular weight excluding hydrogens is 308 g/mol. The van der Waals surface area contributed by atoms with E-state index in [-0.39, 0.29) is 22.6 Å². The van der Waals surface area contributed by atoms with Crippen LogP contribution in [0.4, 0.5) is 11.4 Å². The predicted molar refractivity (Wildman–Crippen MR) is 93.2 cm³/mol. The van der Waals surface area contributed by atoms with Crippen LogP contribution in [0.5, 0.6) is 0 Å². The average Bonchev–Trinajstić information content (AvgIpc) is 3.15. The molecule has 0 saturated carbocycles. The molecule has 3 unspecified atom stereocenters. The molecule has 0 bridgehead atoms. The molecule has 4 nitrogen and oxygen atoms in total. The van der Waals surface area contributed by atoms with E-state index in [1.54, 1.807) is 17.4 Å². The molecule has 0 amide bonds. The first kappa shape index (κ1) is 14.5. The lowest BCUT2D eigenvalue weighted by atomic mass is 9.77. The van der Waals surface area contributed by atoms with Gasteiger partial charge < -0.3 is 5.32 Å². The lowest BCUT2D eigenvalue weighted by Crippen LogP contribution is -2.30.